The molecule has 1 N–H and O–H groups in total. The monoisotopic (exact) mass is 406 g/mol. The van der Waals surface area contributed by atoms with Crippen LogP contribution in [0.5, 0.6) is 0 Å². The number of carbonyl (C=O) groups excluding carboxylic acids is 3. The van der Waals surface area contributed by atoms with Crippen LogP contribution in [0.4, 0.5) is 4.79 Å². The van der Waals surface area contributed by atoms with Gasteiger partial charge in [0.25, 0.3) is 5.91 Å². The van der Waals surface area contributed by atoms with Crippen molar-refractivity contribution in [2.45, 2.75) is 44.7 Å². The Balaban J connectivity index is 1.91. The molecular weight excluding hydrogens is 384 g/mol. The maximum atomic E-state index is 12.9. The molecule has 0 aliphatic carbocycles. The fourth-order valence-corrected chi connectivity index (χ4v) is 5.37. The fourth-order valence-electron chi connectivity index (χ4n) is 3.33. The molecule has 1 fully saturated rings. The van der Waals surface area contributed by atoms with Gasteiger partial charge in [-0.05, 0) is 33.3 Å². The molecule has 0 spiro atoms. The minimum absolute atomic E-state index is 0.0539. The van der Waals surface area contributed by atoms with Crippen LogP contribution in [0.1, 0.15) is 38.1 Å². The summed E-state index contributed by atoms with van der Waals surface area (Å²) in [6.45, 7) is 6.48. The van der Waals surface area contributed by atoms with Gasteiger partial charge in [0.1, 0.15) is 11.6 Å². The third kappa shape index (κ3) is 3.54. The number of ether oxygens (including phenoxy) is 1. The molecule has 1 aromatic rings. The van der Waals surface area contributed by atoms with Gasteiger partial charge in [0.15, 0.2) is 15.2 Å². The SMILES string of the molecule is CC1=C(C(=O)c2ccccc2)N2C(=O)C(NC(=O)OC(C)(C)C)[C@H]2S(=O)(=O)C1. The van der Waals surface area contributed by atoms with Crippen molar-refractivity contribution >= 4 is 27.6 Å². The highest BCUT2D eigenvalue weighted by Crippen LogP contribution is 2.37. The lowest BCUT2D eigenvalue weighted by atomic mass is 9.98. The molecule has 1 aromatic carbocycles. The Morgan fingerprint density at radius 1 is 1.18 bits per heavy atom. The number of alkyl carbamates (subject to hydrolysis) is 1. The number of fused-ring (bicyclic) bond motifs is 1. The molecule has 8 nitrogen and oxygen atoms in total. The number of rotatable bonds is 3. The van der Waals surface area contributed by atoms with Crippen molar-refractivity contribution in [3.05, 3.63) is 47.2 Å². The van der Waals surface area contributed by atoms with E-state index < -0.39 is 44.6 Å². The van der Waals surface area contributed by atoms with E-state index >= 15 is 0 Å². The molecule has 28 heavy (non-hydrogen) atoms. The molecule has 2 amide bonds. The highest BCUT2D eigenvalue weighted by atomic mass is 32.2. The first-order chi connectivity index (χ1) is 12.9. The molecule has 2 heterocycles. The van der Waals surface area contributed by atoms with Crippen LogP contribution in [0, 0.1) is 0 Å². The van der Waals surface area contributed by atoms with Crippen LogP contribution < -0.4 is 5.32 Å². The van der Waals surface area contributed by atoms with E-state index in [1.807, 2.05) is 0 Å². The molecule has 2 atom stereocenters. The van der Waals surface area contributed by atoms with Crippen LogP contribution in [0.25, 0.3) is 0 Å². The van der Waals surface area contributed by atoms with Crippen molar-refractivity contribution in [3.8, 4) is 0 Å². The van der Waals surface area contributed by atoms with E-state index in [0.29, 0.717) is 11.1 Å². The Hall–Kier alpha value is -2.68. The van der Waals surface area contributed by atoms with Gasteiger partial charge in [-0.3, -0.25) is 14.5 Å². The van der Waals surface area contributed by atoms with E-state index in [0.717, 1.165) is 4.90 Å². The number of carbonyl (C=O) groups is 3. The second kappa shape index (κ2) is 6.73. The van der Waals surface area contributed by atoms with Crippen LogP contribution in [0.15, 0.2) is 41.6 Å². The van der Waals surface area contributed by atoms with Gasteiger partial charge in [-0.15, -0.1) is 0 Å². The van der Waals surface area contributed by atoms with E-state index in [9.17, 15) is 22.8 Å². The summed E-state index contributed by atoms with van der Waals surface area (Å²) in [4.78, 5) is 38.6. The summed E-state index contributed by atoms with van der Waals surface area (Å²) in [6, 6.07) is 7.03. The summed E-state index contributed by atoms with van der Waals surface area (Å²) in [6.07, 6.45) is -0.886. The summed E-state index contributed by atoms with van der Waals surface area (Å²) < 4.78 is 30.4. The first-order valence-electron chi connectivity index (χ1n) is 8.76. The van der Waals surface area contributed by atoms with Gasteiger partial charge in [0, 0.05) is 5.56 Å². The summed E-state index contributed by atoms with van der Waals surface area (Å²) in [5.41, 5.74) is -0.0916. The third-order valence-corrected chi connectivity index (χ3v) is 6.45. The normalized spacial score (nSPS) is 23.6. The number of hydrogen-bond acceptors (Lipinski definition) is 6. The van der Waals surface area contributed by atoms with Gasteiger partial charge in [-0.2, -0.15) is 0 Å². The molecular formula is C19H22N2O6S. The number of Topliss-reactive ketones (excluding diaryl/α,β-unsaturated/α-hetero) is 1. The average molecular weight is 406 g/mol. The lowest BCUT2D eigenvalue weighted by Gasteiger charge is -2.49. The van der Waals surface area contributed by atoms with Crippen molar-refractivity contribution in [2.24, 2.45) is 0 Å². The van der Waals surface area contributed by atoms with Crippen molar-refractivity contribution in [1.29, 1.82) is 0 Å². The minimum Gasteiger partial charge on any atom is -0.444 e. The van der Waals surface area contributed by atoms with Gasteiger partial charge in [0.2, 0.25) is 5.78 Å². The topological polar surface area (TPSA) is 110 Å². The molecule has 0 aromatic heterocycles. The standard InChI is InChI=1S/C19H22N2O6S/c1-11-10-28(25,26)17-13(20-18(24)27-19(2,3)4)16(23)21(17)14(11)15(22)12-8-6-5-7-9-12/h5-9,13,17H,10H2,1-4H3,(H,20,24)/t13?,17-/m1/s1. The predicted octanol–water partition coefficient (Wildman–Crippen LogP) is 1.63. The lowest BCUT2D eigenvalue weighted by Crippen LogP contribution is -2.74. The molecule has 0 saturated carbocycles. The smallest absolute Gasteiger partial charge is 0.408 e. The number of amides is 2. The van der Waals surface area contributed by atoms with Crippen molar-refractivity contribution in [2.75, 3.05) is 5.75 Å². The van der Waals surface area contributed by atoms with Crippen molar-refractivity contribution < 1.29 is 27.5 Å². The predicted molar refractivity (Wildman–Crippen MR) is 101 cm³/mol. The molecule has 150 valence electrons. The second-order valence-corrected chi connectivity index (χ2v) is 9.95. The summed E-state index contributed by atoms with van der Waals surface area (Å²) in [5.74, 6) is -1.44. The Morgan fingerprint density at radius 2 is 1.79 bits per heavy atom. The van der Waals surface area contributed by atoms with Crippen LogP contribution in [0.2, 0.25) is 0 Å². The third-order valence-electron chi connectivity index (χ3n) is 4.40. The highest BCUT2D eigenvalue weighted by Gasteiger charge is 2.60. The molecule has 3 rings (SSSR count). The van der Waals surface area contributed by atoms with E-state index in [4.69, 9.17) is 4.74 Å². The quantitative estimate of drug-likeness (QED) is 0.604. The summed E-state index contributed by atoms with van der Waals surface area (Å²) in [5, 5.41) is 1.01. The number of sulfone groups is 1. The van der Waals surface area contributed by atoms with E-state index in [-0.39, 0.29) is 11.4 Å². The second-order valence-electron chi connectivity index (χ2n) is 7.85. The zero-order valence-corrected chi connectivity index (χ0v) is 16.9. The molecule has 1 unspecified atom stereocenters. The Kier molecular flexibility index (Phi) is 4.82. The number of allylic oxidation sites excluding steroid dienone is 1. The van der Waals surface area contributed by atoms with Gasteiger partial charge >= 0.3 is 6.09 Å². The molecule has 2 aliphatic rings. The maximum absolute atomic E-state index is 12.9. The van der Waals surface area contributed by atoms with Crippen LogP contribution in [-0.4, -0.2) is 53.9 Å². The van der Waals surface area contributed by atoms with Gasteiger partial charge in [-0.25, -0.2) is 13.2 Å². The Morgan fingerprint density at radius 3 is 2.36 bits per heavy atom. The number of benzene rings is 1. The lowest BCUT2D eigenvalue weighted by molar-refractivity contribution is -0.143. The van der Waals surface area contributed by atoms with Crippen molar-refractivity contribution in [1.82, 2.24) is 10.2 Å². The molecule has 2 aliphatic heterocycles. The minimum atomic E-state index is -3.77. The zero-order valence-electron chi connectivity index (χ0n) is 16.1. The Bertz CT molecular complexity index is 975. The van der Waals surface area contributed by atoms with E-state index in [1.54, 1.807) is 51.1 Å². The van der Waals surface area contributed by atoms with E-state index in [2.05, 4.69) is 5.32 Å². The number of nitrogens with zero attached hydrogens (tertiary/aromatic N) is 1. The average Bonchev–Trinajstić information content (AvgIpc) is 2.57. The van der Waals surface area contributed by atoms with E-state index in [1.165, 1.54) is 6.92 Å². The highest BCUT2D eigenvalue weighted by molar-refractivity contribution is 7.92. The number of nitrogens with one attached hydrogen (secondary N) is 1. The number of β-lactam (4-membered cyclic amide) rings is 1. The fraction of sp³-hybridized carbons (Fsp3) is 0.421. The van der Waals surface area contributed by atoms with Gasteiger partial charge in [-0.1, -0.05) is 30.3 Å². The van der Waals surface area contributed by atoms with Crippen LogP contribution in [0.3, 0.4) is 0 Å². The maximum Gasteiger partial charge on any atom is 0.408 e. The molecule has 0 radical (unpaired) electrons. The molecule has 9 heteroatoms. The van der Waals surface area contributed by atoms with Crippen LogP contribution >= 0.6 is 0 Å². The largest absolute Gasteiger partial charge is 0.444 e. The van der Waals surface area contributed by atoms with Crippen molar-refractivity contribution in [3.63, 3.8) is 0 Å². The van der Waals surface area contributed by atoms with Gasteiger partial charge < -0.3 is 10.1 Å². The first-order valence-corrected chi connectivity index (χ1v) is 10.5. The Labute approximate surface area is 163 Å². The number of hydrogen-bond donors (Lipinski definition) is 1. The number of ketones is 1. The first kappa shape index (κ1) is 20.1. The summed E-state index contributed by atoms with van der Waals surface area (Å²) in [7, 11) is -3.77. The molecule has 0 bridgehead atoms. The van der Waals surface area contributed by atoms with Gasteiger partial charge in [0.05, 0.1) is 11.4 Å². The molecule has 1 saturated heterocycles. The zero-order chi connectivity index (χ0) is 20.9. The van der Waals surface area contributed by atoms with Crippen LogP contribution in [-0.2, 0) is 19.4 Å². The summed E-state index contributed by atoms with van der Waals surface area (Å²) >= 11 is 0.